The third-order valence-corrected chi connectivity index (χ3v) is 1.72. The van der Waals surface area contributed by atoms with Crippen LogP contribution in [0, 0.1) is 0 Å². The summed E-state index contributed by atoms with van der Waals surface area (Å²) in [5.41, 5.74) is 5.02. The maximum Gasteiger partial charge on any atom is 0.319 e. The first-order valence-electron chi connectivity index (χ1n) is 5.39. The van der Waals surface area contributed by atoms with Crippen molar-refractivity contribution in [3.05, 3.63) is 0 Å². The zero-order valence-corrected chi connectivity index (χ0v) is 10.1. The van der Waals surface area contributed by atoms with Gasteiger partial charge in [0.05, 0.1) is 39.6 Å². The van der Waals surface area contributed by atoms with Crippen molar-refractivity contribution in [1.29, 1.82) is 0 Å². The van der Waals surface area contributed by atoms with Crippen molar-refractivity contribution in [2.75, 3.05) is 53.3 Å². The fourth-order valence-electron chi connectivity index (χ4n) is 0.878. The summed E-state index contributed by atoms with van der Waals surface area (Å²) in [5, 5.41) is 9.33. The van der Waals surface area contributed by atoms with Gasteiger partial charge in [-0.3, -0.25) is 4.79 Å². The molecule has 7 heteroatoms. The van der Waals surface area contributed by atoms with E-state index in [1.54, 1.807) is 7.11 Å². The zero-order valence-electron chi connectivity index (χ0n) is 10.1. The standard InChI is InChI=1S/C10H21NO6/c1-14-2-3-15-4-5-16-7-9(12)8-17-10(13)6-11/h9,12H,2-8,11H2,1H3. The number of esters is 1. The predicted octanol–water partition coefficient (Wildman–Crippen LogP) is -1.47. The number of aliphatic hydroxyl groups is 1. The third kappa shape index (κ3) is 11.5. The Kier molecular flexibility index (Phi) is 11.2. The second-order valence-corrected chi connectivity index (χ2v) is 3.22. The summed E-state index contributed by atoms with van der Waals surface area (Å²) in [7, 11) is 1.60. The van der Waals surface area contributed by atoms with E-state index in [2.05, 4.69) is 4.74 Å². The van der Waals surface area contributed by atoms with E-state index < -0.39 is 12.1 Å². The molecule has 0 rings (SSSR count). The summed E-state index contributed by atoms with van der Waals surface area (Å²) in [6, 6.07) is 0. The molecule has 102 valence electrons. The van der Waals surface area contributed by atoms with Crippen molar-refractivity contribution in [3.8, 4) is 0 Å². The van der Waals surface area contributed by atoms with E-state index in [9.17, 15) is 9.90 Å². The van der Waals surface area contributed by atoms with Gasteiger partial charge in [-0.2, -0.15) is 0 Å². The second-order valence-electron chi connectivity index (χ2n) is 3.22. The van der Waals surface area contributed by atoms with Crippen LogP contribution in [0.5, 0.6) is 0 Å². The highest BCUT2D eigenvalue weighted by Gasteiger charge is 2.07. The molecule has 1 atom stereocenters. The molecule has 0 aliphatic rings. The molecule has 0 aromatic rings. The number of hydrogen-bond donors (Lipinski definition) is 2. The van der Waals surface area contributed by atoms with Gasteiger partial charge in [-0.25, -0.2) is 0 Å². The van der Waals surface area contributed by atoms with Crippen molar-refractivity contribution < 1.29 is 28.8 Å². The number of methoxy groups -OCH3 is 1. The monoisotopic (exact) mass is 251 g/mol. The van der Waals surface area contributed by atoms with Crippen LogP contribution in [0.2, 0.25) is 0 Å². The van der Waals surface area contributed by atoms with E-state index in [0.29, 0.717) is 26.4 Å². The third-order valence-electron chi connectivity index (χ3n) is 1.72. The van der Waals surface area contributed by atoms with Gasteiger partial charge in [0.25, 0.3) is 0 Å². The Morgan fingerprint density at radius 2 is 1.82 bits per heavy atom. The van der Waals surface area contributed by atoms with E-state index >= 15 is 0 Å². The minimum absolute atomic E-state index is 0.0888. The summed E-state index contributed by atoms with van der Waals surface area (Å²) in [4.78, 5) is 10.7. The van der Waals surface area contributed by atoms with Gasteiger partial charge in [0.2, 0.25) is 0 Å². The molecule has 0 fully saturated rings. The average Bonchev–Trinajstić information content (AvgIpc) is 2.34. The topological polar surface area (TPSA) is 100 Å². The second kappa shape index (κ2) is 11.7. The molecule has 0 aromatic carbocycles. The number of hydrogen-bond acceptors (Lipinski definition) is 7. The maximum atomic E-state index is 10.7. The number of nitrogens with two attached hydrogens (primary N) is 1. The fourth-order valence-corrected chi connectivity index (χ4v) is 0.878. The normalized spacial score (nSPS) is 12.4. The molecule has 0 aromatic heterocycles. The van der Waals surface area contributed by atoms with Crippen LogP contribution < -0.4 is 5.73 Å². The lowest BCUT2D eigenvalue weighted by Gasteiger charge is -2.11. The zero-order chi connectivity index (χ0) is 12.9. The molecule has 7 nitrogen and oxygen atoms in total. The van der Waals surface area contributed by atoms with Crippen LogP contribution >= 0.6 is 0 Å². The summed E-state index contributed by atoms with van der Waals surface area (Å²) in [5.74, 6) is -0.549. The lowest BCUT2D eigenvalue weighted by molar-refractivity contribution is -0.146. The Morgan fingerprint density at radius 3 is 2.47 bits per heavy atom. The quantitative estimate of drug-likeness (QED) is 0.341. The van der Waals surface area contributed by atoms with Gasteiger partial charge in [0.15, 0.2) is 0 Å². The van der Waals surface area contributed by atoms with Gasteiger partial charge >= 0.3 is 5.97 Å². The van der Waals surface area contributed by atoms with Gasteiger partial charge < -0.3 is 29.8 Å². The van der Waals surface area contributed by atoms with Crippen molar-refractivity contribution in [2.24, 2.45) is 5.73 Å². The van der Waals surface area contributed by atoms with Crippen LogP contribution in [0.4, 0.5) is 0 Å². The first-order chi connectivity index (χ1) is 8.20. The van der Waals surface area contributed by atoms with Gasteiger partial charge in [-0.15, -0.1) is 0 Å². The van der Waals surface area contributed by atoms with Crippen LogP contribution in [0.15, 0.2) is 0 Å². The molecule has 0 saturated heterocycles. The molecule has 0 radical (unpaired) electrons. The molecule has 0 heterocycles. The van der Waals surface area contributed by atoms with E-state index in [0.717, 1.165) is 0 Å². The molecule has 0 saturated carbocycles. The highest BCUT2D eigenvalue weighted by atomic mass is 16.6. The average molecular weight is 251 g/mol. The predicted molar refractivity (Wildman–Crippen MR) is 59.5 cm³/mol. The summed E-state index contributed by atoms with van der Waals surface area (Å²) in [6.07, 6.45) is -0.843. The van der Waals surface area contributed by atoms with Crippen molar-refractivity contribution in [1.82, 2.24) is 0 Å². The van der Waals surface area contributed by atoms with Crippen LogP contribution in [0.25, 0.3) is 0 Å². The van der Waals surface area contributed by atoms with E-state index in [1.807, 2.05) is 0 Å². The number of carbonyl (C=O) groups is 1. The molecule has 3 N–H and O–H groups in total. The number of carbonyl (C=O) groups excluding carboxylic acids is 1. The Balaban J connectivity index is 3.21. The van der Waals surface area contributed by atoms with Gasteiger partial charge in [0.1, 0.15) is 12.7 Å². The number of ether oxygens (including phenoxy) is 4. The molecule has 0 amide bonds. The largest absolute Gasteiger partial charge is 0.462 e. The molecular weight excluding hydrogens is 230 g/mol. The minimum atomic E-state index is -0.843. The summed E-state index contributed by atoms with van der Waals surface area (Å²) >= 11 is 0. The highest BCUT2D eigenvalue weighted by Crippen LogP contribution is 1.89. The van der Waals surface area contributed by atoms with Crippen LogP contribution in [-0.4, -0.2) is 70.5 Å². The molecule has 0 aliphatic heterocycles. The van der Waals surface area contributed by atoms with Crippen molar-refractivity contribution >= 4 is 5.97 Å². The summed E-state index contributed by atoms with van der Waals surface area (Å²) < 4.78 is 19.6. The molecule has 17 heavy (non-hydrogen) atoms. The van der Waals surface area contributed by atoms with Gasteiger partial charge in [0, 0.05) is 7.11 Å². The lowest BCUT2D eigenvalue weighted by atomic mass is 10.4. The highest BCUT2D eigenvalue weighted by molar-refractivity contribution is 5.71. The van der Waals surface area contributed by atoms with Crippen LogP contribution in [0.3, 0.4) is 0 Å². The molecule has 0 aliphatic carbocycles. The Morgan fingerprint density at radius 1 is 1.18 bits per heavy atom. The Hall–Kier alpha value is -0.730. The van der Waals surface area contributed by atoms with Gasteiger partial charge in [-0.1, -0.05) is 0 Å². The van der Waals surface area contributed by atoms with Crippen molar-refractivity contribution in [2.45, 2.75) is 6.10 Å². The van der Waals surface area contributed by atoms with Crippen LogP contribution in [0.1, 0.15) is 0 Å². The molecule has 1 unspecified atom stereocenters. The Bertz CT molecular complexity index is 190. The van der Waals surface area contributed by atoms with Gasteiger partial charge in [-0.05, 0) is 0 Å². The smallest absolute Gasteiger partial charge is 0.319 e. The first kappa shape index (κ1) is 16.3. The fraction of sp³-hybridized carbons (Fsp3) is 0.900. The van der Waals surface area contributed by atoms with E-state index in [1.165, 1.54) is 0 Å². The summed E-state index contributed by atoms with van der Waals surface area (Å²) in [6.45, 7) is 1.63. The SMILES string of the molecule is COCCOCCOCC(O)COC(=O)CN. The van der Waals surface area contributed by atoms with E-state index in [-0.39, 0.29) is 19.8 Å². The molecular formula is C10H21NO6. The minimum Gasteiger partial charge on any atom is -0.462 e. The first-order valence-corrected chi connectivity index (χ1v) is 5.39. The van der Waals surface area contributed by atoms with Crippen LogP contribution in [-0.2, 0) is 23.7 Å². The lowest BCUT2D eigenvalue weighted by Crippen LogP contribution is -2.27. The molecule has 0 spiro atoms. The van der Waals surface area contributed by atoms with Crippen molar-refractivity contribution in [3.63, 3.8) is 0 Å². The number of aliphatic hydroxyl groups excluding tert-OH is 1. The van der Waals surface area contributed by atoms with E-state index in [4.69, 9.17) is 19.9 Å². The maximum absolute atomic E-state index is 10.7. The molecule has 0 bridgehead atoms. The number of rotatable bonds is 11. The Labute approximate surface area is 101 Å².